The molecule has 1 aromatic heterocycles. The minimum Gasteiger partial charge on any atom is -0.493 e. The van der Waals surface area contributed by atoms with Crippen molar-refractivity contribution in [3.05, 3.63) is 115 Å². The van der Waals surface area contributed by atoms with Crippen LogP contribution in [-0.4, -0.2) is 22.1 Å². The number of carbonyl (C=O) groups excluding carboxylic acids is 1. The summed E-state index contributed by atoms with van der Waals surface area (Å²) in [5.74, 6) is 1.64. The molecular weight excluding hydrogens is 446 g/mol. The Kier molecular flexibility index (Phi) is 8.71. The maximum Gasteiger partial charge on any atom is 0.244 e. The normalized spacial score (nSPS) is 12.0. The molecule has 1 amide bonds. The zero-order chi connectivity index (χ0) is 25.2. The molecule has 0 spiro atoms. The molecule has 1 unspecified atom stereocenters. The van der Waals surface area contributed by atoms with E-state index in [1.165, 1.54) is 0 Å². The lowest BCUT2D eigenvalue weighted by atomic mass is 10.1. The van der Waals surface area contributed by atoms with Crippen molar-refractivity contribution < 1.29 is 9.53 Å². The third-order valence-corrected chi connectivity index (χ3v) is 6.03. The zero-order valence-electron chi connectivity index (χ0n) is 20.8. The molecular formula is C31H33N3O2. The second-order valence-electron chi connectivity index (χ2n) is 8.74. The van der Waals surface area contributed by atoms with Gasteiger partial charge in [0.15, 0.2) is 0 Å². The molecule has 36 heavy (non-hydrogen) atoms. The van der Waals surface area contributed by atoms with Crippen LogP contribution in [-0.2, 0) is 17.8 Å². The molecule has 4 aromatic rings. The highest BCUT2D eigenvalue weighted by molar-refractivity contribution is 5.92. The standard InChI is InChI=1S/C31H33N3O2/c1-3-13-26-16-7-10-19-29(26)36-23-12-11-22-34-28-18-9-8-17-27(28)33-31(34)24(2)32-30(35)21-20-25-14-5-4-6-15-25/h3-10,14-21,24H,1,11-13,22-23H2,2H3,(H,32,35)/b21-20-. The van der Waals surface area contributed by atoms with Crippen LogP contribution in [0, 0.1) is 0 Å². The molecule has 5 heteroatoms. The van der Waals surface area contributed by atoms with Gasteiger partial charge >= 0.3 is 0 Å². The van der Waals surface area contributed by atoms with Crippen molar-refractivity contribution in [2.75, 3.05) is 6.61 Å². The SMILES string of the molecule is C=CCc1ccccc1OCCCCn1c(C(C)NC(=O)/C=C\c2ccccc2)nc2ccccc21. The number of para-hydroxylation sites is 3. The summed E-state index contributed by atoms with van der Waals surface area (Å²) in [7, 11) is 0. The second kappa shape index (κ2) is 12.5. The van der Waals surface area contributed by atoms with Crippen molar-refractivity contribution in [3.63, 3.8) is 0 Å². The molecule has 0 aliphatic rings. The molecule has 1 N–H and O–H groups in total. The molecule has 1 atom stereocenters. The van der Waals surface area contributed by atoms with Crippen molar-refractivity contribution in [3.8, 4) is 5.75 Å². The molecule has 0 radical (unpaired) electrons. The van der Waals surface area contributed by atoms with Crippen LogP contribution in [0.4, 0.5) is 0 Å². The number of carbonyl (C=O) groups is 1. The number of amides is 1. The predicted octanol–water partition coefficient (Wildman–Crippen LogP) is 6.51. The Bertz CT molecular complexity index is 1320. The molecule has 3 aromatic carbocycles. The van der Waals surface area contributed by atoms with E-state index in [1.54, 1.807) is 6.08 Å². The fourth-order valence-electron chi connectivity index (χ4n) is 4.24. The summed E-state index contributed by atoms with van der Waals surface area (Å²) in [6.07, 6.45) is 7.93. The number of hydrogen-bond donors (Lipinski definition) is 1. The van der Waals surface area contributed by atoms with Crippen molar-refractivity contribution in [1.82, 2.24) is 14.9 Å². The summed E-state index contributed by atoms with van der Waals surface area (Å²) in [4.78, 5) is 17.4. The minimum absolute atomic E-state index is 0.142. The maximum atomic E-state index is 12.6. The lowest BCUT2D eigenvalue weighted by Crippen LogP contribution is -2.27. The van der Waals surface area contributed by atoms with Gasteiger partial charge in [-0.2, -0.15) is 0 Å². The van der Waals surface area contributed by atoms with Crippen molar-refractivity contribution in [1.29, 1.82) is 0 Å². The third-order valence-electron chi connectivity index (χ3n) is 6.03. The van der Waals surface area contributed by atoms with E-state index in [-0.39, 0.29) is 11.9 Å². The van der Waals surface area contributed by atoms with Gasteiger partial charge in [0.25, 0.3) is 0 Å². The van der Waals surface area contributed by atoms with Crippen LogP contribution in [0.2, 0.25) is 0 Å². The number of ether oxygens (including phenoxy) is 1. The summed E-state index contributed by atoms with van der Waals surface area (Å²) < 4.78 is 8.27. The highest BCUT2D eigenvalue weighted by Gasteiger charge is 2.17. The van der Waals surface area contributed by atoms with Crippen molar-refractivity contribution >= 4 is 23.0 Å². The minimum atomic E-state index is -0.229. The predicted molar refractivity (Wildman–Crippen MR) is 147 cm³/mol. The Morgan fingerprint density at radius 3 is 2.61 bits per heavy atom. The van der Waals surface area contributed by atoms with Crippen LogP contribution in [0.3, 0.4) is 0 Å². The fourth-order valence-corrected chi connectivity index (χ4v) is 4.24. The number of nitrogens with one attached hydrogen (secondary N) is 1. The molecule has 0 bridgehead atoms. The van der Waals surface area contributed by atoms with Gasteiger partial charge in [-0.15, -0.1) is 6.58 Å². The van der Waals surface area contributed by atoms with Crippen molar-refractivity contribution in [2.45, 2.75) is 38.8 Å². The summed E-state index contributed by atoms with van der Waals surface area (Å²) in [6, 6.07) is 25.8. The fraction of sp³-hybridized carbons (Fsp3) is 0.226. The molecule has 0 saturated carbocycles. The Balaban J connectivity index is 1.38. The average Bonchev–Trinajstić information content (AvgIpc) is 3.28. The molecule has 4 rings (SSSR count). The Labute approximate surface area is 213 Å². The van der Waals surface area contributed by atoms with Crippen LogP contribution >= 0.6 is 0 Å². The van der Waals surface area contributed by atoms with Gasteiger partial charge in [0.2, 0.25) is 5.91 Å². The van der Waals surface area contributed by atoms with Crippen LogP contribution in [0.1, 0.15) is 42.8 Å². The number of benzene rings is 3. The number of allylic oxidation sites excluding steroid dienone is 1. The second-order valence-corrected chi connectivity index (χ2v) is 8.74. The van der Waals surface area contributed by atoms with E-state index in [9.17, 15) is 4.79 Å². The van der Waals surface area contributed by atoms with Crippen LogP contribution in [0.15, 0.2) is 97.6 Å². The van der Waals surface area contributed by atoms with Crippen LogP contribution < -0.4 is 10.1 Å². The number of rotatable bonds is 12. The largest absolute Gasteiger partial charge is 0.493 e. The highest BCUT2D eigenvalue weighted by Crippen LogP contribution is 2.22. The Hall–Kier alpha value is -4.12. The first-order valence-corrected chi connectivity index (χ1v) is 12.5. The monoisotopic (exact) mass is 479 g/mol. The van der Waals surface area contributed by atoms with E-state index < -0.39 is 0 Å². The summed E-state index contributed by atoms with van der Waals surface area (Å²) in [5.41, 5.74) is 4.15. The number of aryl methyl sites for hydroxylation is 1. The maximum absolute atomic E-state index is 12.6. The van der Waals surface area contributed by atoms with E-state index in [4.69, 9.17) is 9.72 Å². The first-order valence-electron chi connectivity index (χ1n) is 12.5. The summed E-state index contributed by atoms with van der Waals surface area (Å²) in [6.45, 7) is 7.25. The van der Waals surface area contributed by atoms with E-state index in [2.05, 4.69) is 28.6 Å². The molecule has 1 heterocycles. The van der Waals surface area contributed by atoms with Gasteiger partial charge in [0.05, 0.1) is 23.7 Å². The number of unbranched alkanes of at least 4 members (excludes halogenated alkanes) is 1. The lowest BCUT2D eigenvalue weighted by Gasteiger charge is -2.16. The van der Waals surface area contributed by atoms with Gasteiger partial charge in [0, 0.05) is 12.6 Å². The molecule has 5 nitrogen and oxygen atoms in total. The van der Waals surface area contributed by atoms with E-state index in [0.717, 1.165) is 59.5 Å². The number of aromatic nitrogens is 2. The van der Waals surface area contributed by atoms with E-state index in [1.807, 2.05) is 85.8 Å². The first-order chi connectivity index (χ1) is 17.7. The molecule has 0 fully saturated rings. The summed E-state index contributed by atoms with van der Waals surface area (Å²) in [5, 5.41) is 3.07. The quantitative estimate of drug-likeness (QED) is 0.143. The topological polar surface area (TPSA) is 56.1 Å². The Morgan fingerprint density at radius 2 is 1.78 bits per heavy atom. The molecule has 0 aliphatic carbocycles. The van der Waals surface area contributed by atoms with Gasteiger partial charge in [-0.25, -0.2) is 4.98 Å². The van der Waals surface area contributed by atoms with Gasteiger partial charge < -0.3 is 14.6 Å². The van der Waals surface area contributed by atoms with Crippen LogP contribution in [0.25, 0.3) is 17.1 Å². The first kappa shape index (κ1) is 25.0. The lowest BCUT2D eigenvalue weighted by molar-refractivity contribution is -0.117. The number of imidazole rings is 1. The van der Waals surface area contributed by atoms with Crippen molar-refractivity contribution in [2.24, 2.45) is 0 Å². The molecule has 0 aliphatic heterocycles. The smallest absolute Gasteiger partial charge is 0.244 e. The zero-order valence-corrected chi connectivity index (χ0v) is 20.8. The van der Waals surface area contributed by atoms with E-state index >= 15 is 0 Å². The van der Waals surface area contributed by atoms with Gasteiger partial charge in [-0.1, -0.05) is 66.7 Å². The van der Waals surface area contributed by atoms with E-state index in [0.29, 0.717) is 6.61 Å². The number of fused-ring (bicyclic) bond motifs is 1. The molecule has 0 saturated heterocycles. The third kappa shape index (κ3) is 6.51. The Morgan fingerprint density at radius 1 is 1.03 bits per heavy atom. The average molecular weight is 480 g/mol. The summed E-state index contributed by atoms with van der Waals surface area (Å²) >= 11 is 0. The van der Waals surface area contributed by atoms with Crippen LogP contribution in [0.5, 0.6) is 5.75 Å². The molecule has 184 valence electrons. The van der Waals surface area contributed by atoms with Gasteiger partial charge in [-0.3, -0.25) is 4.79 Å². The number of nitrogens with zero attached hydrogens (tertiary/aromatic N) is 2. The highest BCUT2D eigenvalue weighted by atomic mass is 16.5. The van der Waals surface area contributed by atoms with Gasteiger partial charge in [-0.05, 0) is 61.6 Å². The van der Waals surface area contributed by atoms with Gasteiger partial charge in [0.1, 0.15) is 11.6 Å². The number of hydrogen-bond acceptors (Lipinski definition) is 3.